The zero-order valence-corrected chi connectivity index (χ0v) is 13.5. The molecule has 3 aromatic rings. The molecule has 3 N–H and O–H groups in total. The predicted molar refractivity (Wildman–Crippen MR) is 94.9 cm³/mol. The first kappa shape index (κ1) is 16.9. The predicted octanol–water partition coefficient (Wildman–Crippen LogP) is 2.71. The number of carbonyl (C=O) groups excluding carboxylic acids is 1. The molecule has 3 rings (SSSR count). The van der Waals surface area contributed by atoms with Crippen molar-refractivity contribution in [2.45, 2.75) is 6.54 Å². The average molecular weight is 339 g/mol. The topological polar surface area (TPSA) is 74.2 Å². The van der Waals surface area contributed by atoms with E-state index in [1.54, 1.807) is 30.5 Å². The second-order valence-electron chi connectivity index (χ2n) is 5.55. The number of pyridine rings is 1. The Bertz CT molecular complexity index is 899. The molecule has 0 bridgehead atoms. The largest absolute Gasteiger partial charge is 0.395 e. The molecule has 1 heterocycles. The van der Waals surface area contributed by atoms with Gasteiger partial charge in [-0.1, -0.05) is 12.1 Å². The summed E-state index contributed by atoms with van der Waals surface area (Å²) in [6.07, 6.45) is 1.68. The first-order valence-corrected chi connectivity index (χ1v) is 7.93. The van der Waals surface area contributed by atoms with Gasteiger partial charge in [0, 0.05) is 41.5 Å². The highest BCUT2D eigenvalue weighted by Crippen LogP contribution is 2.20. The van der Waals surface area contributed by atoms with Gasteiger partial charge in [-0.05, 0) is 36.4 Å². The molecule has 0 saturated heterocycles. The summed E-state index contributed by atoms with van der Waals surface area (Å²) in [5.41, 5.74) is 2.71. The minimum atomic E-state index is -0.311. The summed E-state index contributed by atoms with van der Waals surface area (Å²) in [5, 5.41) is 15.3. The van der Waals surface area contributed by atoms with Crippen LogP contribution < -0.4 is 10.6 Å². The van der Waals surface area contributed by atoms with Gasteiger partial charge in [-0.3, -0.25) is 9.78 Å². The first-order valence-electron chi connectivity index (χ1n) is 7.93. The van der Waals surface area contributed by atoms with Crippen molar-refractivity contribution in [1.29, 1.82) is 0 Å². The third-order valence-electron chi connectivity index (χ3n) is 3.75. The number of halogens is 1. The van der Waals surface area contributed by atoms with E-state index in [1.807, 2.05) is 12.1 Å². The molecular formula is C19H18FN3O2. The van der Waals surface area contributed by atoms with Gasteiger partial charge in [0.25, 0.3) is 5.91 Å². The second-order valence-corrected chi connectivity index (χ2v) is 5.55. The number of rotatable bonds is 6. The molecule has 25 heavy (non-hydrogen) atoms. The Morgan fingerprint density at radius 3 is 2.88 bits per heavy atom. The van der Waals surface area contributed by atoms with Crippen LogP contribution in [0.1, 0.15) is 15.9 Å². The highest BCUT2D eigenvalue weighted by molar-refractivity contribution is 5.95. The van der Waals surface area contributed by atoms with Crippen molar-refractivity contribution in [3.8, 4) is 0 Å². The highest BCUT2D eigenvalue weighted by Gasteiger charge is 2.08. The van der Waals surface area contributed by atoms with E-state index in [9.17, 15) is 9.18 Å². The lowest BCUT2D eigenvalue weighted by Crippen LogP contribution is -2.26. The van der Waals surface area contributed by atoms with Gasteiger partial charge in [-0.25, -0.2) is 4.39 Å². The summed E-state index contributed by atoms with van der Waals surface area (Å²) in [5.74, 6) is -0.565. The Kier molecular flexibility index (Phi) is 5.20. The van der Waals surface area contributed by atoms with Crippen LogP contribution in [0.25, 0.3) is 10.9 Å². The number of aromatic nitrogens is 1. The number of nitrogens with zero attached hydrogens (tertiary/aromatic N) is 1. The fourth-order valence-electron chi connectivity index (χ4n) is 2.60. The lowest BCUT2D eigenvalue weighted by molar-refractivity contribution is 0.0945. The molecule has 0 aliphatic rings. The Balaban J connectivity index is 1.77. The van der Waals surface area contributed by atoms with E-state index in [2.05, 4.69) is 15.6 Å². The molecule has 0 radical (unpaired) electrons. The molecule has 5 nitrogen and oxygen atoms in total. The number of aliphatic hydroxyl groups is 1. The van der Waals surface area contributed by atoms with Gasteiger partial charge in [0.1, 0.15) is 5.82 Å². The molecule has 6 heteroatoms. The second kappa shape index (κ2) is 7.72. The minimum absolute atomic E-state index is 0.108. The summed E-state index contributed by atoms with van der Waals surface area (Å²) in [7, 11) is 0. The van der Waals surface area contributed by atoms with E-state index in [1.165, 1.54) is 12.1 Å². The standard InChI is InChI=1S/C19H18FN3O2/c20-16-9-13-4-2-6-21-18(13)15(10-16)12-23-17-5-1-3-14(11-17)19(25)22-7-8-24/h1-6,9-11,23-24H,7-8,12H2,(H,22,25). The Morgan fingerprint density at radius 2 is 2.04 bits per heavy atom. The maximum atomic E-state index is 13.8. The van der Waals surface area contributed by atoms with Crippen LogP contribution in [0.2, 0.25) is 0 Å². The Labute approximate surface area is 144 Å². The van der Waals surface area contributed by atoms with Crippen molar-refractivity contribution in [2.24, 2.45) is 0 Å². The quantitative estimate of drug-likeness (QED) is 0.645. The Hall–Kier alpha value is -2.99. The number of benzene rings is 2. The van der Waals surface area contributed by atoms with Crippen molar-refractivity contribution in [3.05, 3.63) is 71.7 Å². The van der Waals surface area contributed by atoms with Gasteiger partial charge >= 0.3 is 0 Å². The van der Waals surface area contributed by atoms with Gasteiger partial charge in [-0.15, -0.1) is 0 Å². The minimum Gasteiger partial charge on any atom is -0.395 e. The summed E-state index contributed by atoms with van der Waals surface area (Å²) < 4.78 is 13.8. The van der Waals surface area contributed by atoms with Gasteiger partial charge in [0.05, 0.1) is 12.1 Å². The van der Waals surface area contributed by atoms with Crippen LogP contribution in [-0.2, 0) is 6.54 Å². The van der Waals surface area contributed by atoms with Crippen molar-refractivity contribution >= 4 is 22.5 Å². The van der Waals surface area contributed by atoms with E-state index >= 15 is 0 Å². The highest BCUT2D eigenvalue weighted by atomic mass is 19.1. The SMILES string of the molecule is O=C(NCCO)c1cccc(NCc2cc(F)cc3cccnc23)c1. The summed E-state index contributed by atoms with van der Waals surface area (Å²) in [6.45, 7) is 0.480. The third-order valence-corrected chi connectivity index (χ3v) is 3.75. The molecule has 0 saturated carbocycles. The lowest BCUT2D eigenvalue weighted by Gasteiger charge is -2.10. The molecule has 0 atom stereocenters. The number of hydrogen-bond acceptors (Lipinski definition) is 4. The monoisotopic (exact) mass is 339 g/mol. The van der Waals surface area contributed by atoms with Crippen LogP contribution in [0.15, 0.2) is 54.7 Å². The number of hydrogen-bond donors (Lipinski definition) is 3. The number of nitrogens with one attached hydrogen (secondary N) is 2. The lowest BCUT2D eigenvalue weighted by atomic mass is 10.1. The third kappa shape index (κ3) is 4.10. The fourth-order valence-corrected chi connectivity index (χ4v) is 2.60. The van der Waals surface area contributed by atoms with Gasteiger partial charge in [0.2, 0.25) is 0 Å². The van der Waals surface area contributed by atoms with E-state index in [0.29, 0.717) is 12.1 Å². The van der Waals surface area contributed by atoms with Crippen LogP contribution in [0.3, 0.4) is 0 Å². The van der Waals surface area contributed by atoms with Crippen LogP contribution >= 0.6 is 0 Å². The zero-order chi connectivity index (χ0) is 17.6. The van der Waals surface area contributed by atoms with E-state index < -0.39 is 0 Å². The van der Waals surface area contributed by atoms with Crippen LogP contribution in [0.4, 0.5) is 10.1 Å². The molecule has 1 amide bonds. The van der Waals surface area contributed by atoms with Gasteiger partial charge in [-0.2, -0.15) is 0 Å². The molecule has 128 valence electrons. The molecule has 0 aliphatic carbocycles. The van der Waals surface area contributed by atoms with Crippen molar-refractivity contribution in [2.75, 3.05) is 18.5 Å². The van der Waals surface area contributed by atoms with Gasteiger partial charge in [0.15, 0.2) is 0 Å². The molecular weight excluding hydrogens is 321 g/mol. The van der Waals surface area contributed by atoms with Crippen molar-refractivity contribution in [3.63, 3.8) is 0 Å². The number of aliphatic hydroxyl groups excluding tert-OH is 1. The van der Waals surface area contributed by atoms with E-state index in [0.717, 1.165) is 22.2 Å². The molecule has 0 spiro atoms. The van der Waals surface area contributed by atoms with Crippen molar-refractivity contribution in [1.82, 2.24) is 10.3 Å². The number of anilines is 1. The van der Waals surface area contributed by atoms with Crippen LogP contribution in [-0.4, -0.2) is 29.1 Å². The smallest absolute Gasteiger partial charge is 0.251 e. The average Bonchev–Trinajstić information content (AvgIpc) is 2.64. The molecule has 2 aromatic carbocycles. The molecule has 0 unspecified atom stereocenters. The fraction of sp³-hybridized carbons (Fsp3) is 0.158. The summed E-state index contributed by atoms with van der Waals surface area (Å²) in [6, 6.07) is 13.5. The number of amides is 1. The van der Waals surface area contributed by atoms with Crippen LogP contribution in [0, 0.1) is 5.82 Å². The van der Waals surface area contributed by atoms with E-state index in [-0.39, 0.29) is 24.9 Å². The molecule has 1 aromatic heterocycles. The normalized spacial score (nSPS) is 10.6. The summed E-state index contributed by atoms with van der Waals surface area (Å²) in [4.78, 5) is 16.3. The van der Waals surface area contributed by atoms with Crippen molar-refractivity contribution < 1.29 is 14.3 Å². The first-order chi connectivity index (χ1) is 12.2. The number of fused-ring (bicyclic) bond motifs is 1. The van der Waals surface area contributed by atoms with Crippen LogP contribution in [0.5, 0.6) is 0 Å². The maximum absolute atomic E-state index is 13.8. The molecule has 0 aliphatic heterocycles. The Morgan fingerprint density at radius 1 is 1.16 bits per heavy atom. The summed E-state index contributed by atoms with van der Waals surface area (Å²) >= 11 is 0. The maximum Gasteiger partial charge on any atom is 0.251 e. The number of carbonyl (C=O) groups is 1. The molecule has 0 fully saturated rings. The zero-order valence-electron chi connectivity index (χ0n) is 13.5. The van der Waals surface area contributed by atoms with E-state index in [4.69, 9.17) is 5.11 Å². The van der Waals surface area contributed by atoms with Gasteiger partial charge < -0.3 is 15.7 Å².